The van der Waals surface area contributed by atoms with Crippen molar-refractivity contribution in [3.8, 4) is 0 Å². The first kappa shape index (κ1) is 21.9. The Morgan fingerprint density at radius 2 is 1.69 bits per heavy atom. The van der Waals surface area contributed by atoms with Crippen molar-refractivity contribution in [2.24, 2.45) is 0 Å². The molecule has 8 heteroatoms. The largest absolute Gasteiger partial charge is 0.444 e. The van der Waals surface area contributed by atoms with Crippen molar-refractivity contribution in [1.29, 1.82) is 0 Å². The van der Waals surface area contributed by atoms with Crippen LogP contribution in [0.25, 0.3) is 0 Å². The summed E-state index contributed by atoms with van der Waals surface area (Å²) in [5.41, 5.74) is -0.177. The van der Waals surface area contributed by atoms with Gasteiger partial charge < -0.3 is 9.47 Å². The topological polar surface area (TPSA) is 72.0 Å². The number of nitrogens with zero attached hydrogens (tertiary/aromatic N) is 3. The maximum atomic E-state index is 12.7. The Morgan fingerprint density at radius 3 is 2.24 bits per heavy atom. The van der Waals surface area contributed by atoms with Gasteiger partial charge in [-0.1, -0.05) is 0 Å². The number of hydrogen-bond acceptors (Lipinski definition) is 6. The number of aromatic nitrogens is 1. The molecule has 2 heterocycles. The average molecular weight is 424 g/mol. The van der Waals surface area contributed by atoms with Gasteiger partial charge in [0, 0.05) is 18.5 Å². The molecular weight excluding hydrogens is 390 g/mol. The van der Waals surface area contributed by atoms with Gasteiger partial charge in [0.25, 0.3) is 0 Å². The molecule has 2 fully saturated rings. The fraction of sp³-hybridized carbons (Fsp3) is 0.762. The second-order valence-electron chi connectivity index (χ2n) is 9.89. The summed E-state index contributed by atoms with van der Waals surface area (Å²) in [6, 6.07) is -0.0995. The van der Waals surface area contributed by atoms with Crippen molar-refractivity contribution in [1.82, 2.24) is 9.88 Å². The van der Waals surface area contributed by atoms with Gasteiger partial charge in [-0.05, 0) is 73.1 Å². The maximum Gasteiger partial charge on any atom is 0.416 e. The molecule has 0 unspecified atom stereocenters. The van der Waals surface area contributed by atoms with E-state index in [2.05, 4.69) is 0 Å². The molecule has 2 amide bonds. The summed E-state index contributed by atoms with van der Waals surface area (Å²) in [5.74, 6) is 0.476. The van der Waals surface area contributed by atoms with Crippen LogP contribution in [0, 0.1) is 0 Å². The lowest BCUT2D eigenvalue weighted by Gasteiger charge is -2.28. The first-order chi connectivity index (χ1) is 13.4. The third kappa shape index (κ3) is 5.41. The summed E-state index contributed by atoms with van der Waals surface area (Å²) in [7, 11) is 1.69. The molecule has 29 heavy (non-hydrogen) atoms. The average Bonchev–Trinajstić information content (AvgIpc) is 3.13. The highest BCUT2D eigenvalue weighted by molar-refractivity contribution is 7.16. The van der Waals surface area contributed by atoms with E-state index in [0.29, 0.717) is 17.6 Å². The maximum absolute atomic E-state index is 12.7. The highest BCUT2D eigenvalue weighted by atomic mass is 32.1. The van der Waals surface area contributed by atoms with E-state index in [0.717, 1.165) is 31.4 Å². The zero-order valence-corrected chi connectivity index (χ0v) is 19.4. The predicted octanol–water partition coefficient (Wildman–Crippen LogP) is 5.46. The van der Waals surface area contributed by atoms with Crippen molar-refractivity contribution >= 4 is 28.7 Å². The van der Waals surface area contributed by atoms with Crippen LogP contribution < -0.4 is 4.90 Å². The minimum atomic E-state index is -0.566. The molecule has 0 aromatic carbocycles. The van der Waals surface area contributed by atoms with Gasteiger partial charge in [0.2, 0.25) is 0 Å². The minimum absolute atomic E-state index is 0.0995. The lowest BCUT2D eigenvalue weighted by molar-refractivity contribution is 0.0221. The van der Waals surface area contributed by atoms with Crippen molar-refractivity contribution in [3.05, 3.63) is 10.6 Å². The van der Waals surface area contributed by atoms with Gasteiger partial charge in [-0.15, -0.1) is 11.3 Å². The van der Waals surface area contributed by atoms with Gasteiger partial charge in [0.05, 0.1) is 11.7 Å². The Labute approximate surface area is 177 Å². The van der Waals surface area contributed by atoms with E-state index in [1.807, 2.05) is 41.5 Å². The molecule has 0 spiro atoms. The molecule has 1 aromatic rings. The molecule has 1 saturated carbocycles. The van der Waals surface area contributed by atoms with Crippen molar-refractivity contribution < 1.29 is 19.1 Å². The lowest BCUT2D eigenvalue weighted by Crippen LogP contribution is -2.37. The van der Waals surface area contributed by atoms with E-state index in [1.165, 1.54) is 9.78 Å². The molecule has 1 aliphatic heterocycles. The summed E-state index contributed by atoms with van der Waals surface area (Å²) in [5, 5.41) is 0.618. The fourth-order valence-corrected chi connectivity index (χ4v) is 4.59. The number of thiazole rings is 1. The zero-order valence-electron chi connectivity index (χ0n) is 18.6. The quantitative estimate of drug-likeness (QED) is 0.645. The summed E-state index contributed by atoms with van der Waals surface area (Å²) in [6.07, 6.45) is 3.32. The van der Waals surface area contributed by atoms with Crippen LogP contribution in [0.2, 0.25) is 0 Å². The van der Waals surface area contributed by atoms with Crippen LogP contribution in [0.15, 0.2) is 0 Å². The minimum Gasteiger partial charge on any atom is -0.444 e. The van der Waals surface area contributed by atoms with Crippen LogP contribution in [0.5, 0.6) is 0 Å². The predicted molar refractivity (Wildman–Crippen MR) is 114 cm³/mol. The number of ether oxygens (including phenoxy) is 2. The smallest absolute Gasteiger partial charge is 0.416 e. The van der Waals surface area contributed by atoms with Gasteiger partial charge >= 0.3 is 12.2 Å². The summed E-state index contributed by atoms with van der Waals surface area (Å²) in [4.78, 5) is 34.5. The van der Waals surface area contributed by atoms with Crippen LogP contribution in [0.4, 0.5) is 14.7 Å². The van der Waals surface area contributed by atoms with E-state index in [1.54, 1.807) is 23.3 Å². The van der Waals surface area contributed by atoms with Gasteiger partial charge in [0.15, 0.2) is 5.13 Å². The van der Waals surface area contributed by atoms with E-state index in [4.69, 9.17) is 14.5 Å². The van der Waals surface area contributed by atoms with Crippen LogP contribution >= 0.6 is 11.3 Å². The number of carbonyl (C=O) groups excluding carboxylic acids is 2. The molecule has 3 rings (SSSR count). The Balaban J connectivity index is 1.85. The highest BCUT2D eigenvalue weighted by Gasteiger charge is 2.40. The van der Waals surface area contributed by atoms with E-state index in [9.17, 15) is 9.59 Å². The van der Waals surface area contributed by atoms with Crippen molar-refractivity contribution in [3.63, 3.8) is 0 Å². The van der Waals surface area contributed by atoms with E-state index in [-0.39, 0.29) is 12.1 Å². The molecule has 2 aliphatic rings. The number of anilines is 1. The normalized spacial score (nSPS) is 20.0. The number of likely N-dealkylation sites (tertiary alicyclic amines) is 1. The highest BCUT2D eigenvalue weighted by Crippen LogP contribution is 2.49. The van der Waals surface area contributed by atoms with Gasteiger partial charge in [-0.25, -0.2) is 14.6 Å². The molecule has 0 bridgehead atoms. The van der Waals surface area contributed by atoms with Gasteiger partial charge in [-0.3, -0.25) is 9.80 Å². The van der Waals surface area contributed by atoms with Crippen LogP contribution in [0.1, 0.15) is 89.8 Å². The van der Waals surface area contributed by atoms with Crippen LogP contribution in [-0.2, 0) is 9.47 Å². The summed E-state index contributed by atoms with van der Waals surface area (Å²) < 4.78 is 11.1. The Hall–Kier alpha value is -1.83. The first-order valence-corrected chi connectivity index (χ1v) is 11.1. The summed E-state index contributed by atoms with van der Waals surface area (Å²) in [6.45, 7) is 11.8. The Bertz CT molecular complexity index is 774. The van der Waals surface area contributed by atoms with E-state index >= 15 is 0 Å². The zero-order chi connectivity index (χ0) is 21.6. The molecule has 162 valence electrons. The van der Waals surface area contributed by atoms with E-state index < -0.39 is 17.3 Å². The molecular formula is C21H33N3O4S. The number of amides is 2. The first-order valence-electron chi connectivity index (χ1n) is 10.3. The second kappa shape index (κ2) is 7.78. The Kier molecular flexibility index (Phi) is 5.87. The number of rotatable bonds is 3. The standard InChI is InChI=1S/C21H33N3O4S/c1-20(2,3)27-18(25)23(7)17-22-15(16(29-17)13-10-11-13)14-9-8-12-24(14)19(26)28-21(4,5)6/h13-14H,8-12H2,1-7H3/t14-/m1/s1. The van der Waals surface area contributed by atoms with Crippen LogP contribution in [-0.4, -0.2) is 46.9 Å². The SMILES string of the molecule is CN(C(=O)OC(C)(C)C)c1nc([C@H]2CCCN2C(=O)OC(C)(C)C)c(C2CC2)s1. The van der Waals surface area contributed by atoms with Crippen molar-refractivity contribution in [2.75, 3.05) is 18.5 Å². The molecule has 0 N–H and O–H groups in total. The number of carbonyl (C=O) groups is 2. The summed E-state index contributed by atoms with van der Waals surface area (Å²) >= 11 is 1.54. The Morgan fingerprint density at radius 1 is 1.07 bits per heavy atom. The fourth-order valence-electron chi connectivity index (χ4n) is 3.35. The monoisotopic (exact) mass is 423 g/mol. The molecule has 1 aromatic heterocycles. The third-order valence-electron chi connectivity index (χ3n) is 4.77. The molecule has 1 atom stereocenters. The van der Waals surface area contributed by atoms with Gasteiger partial charge in [-0.2, -0.15) is 0 Å². The number of hydrogen-bond donors (Lipinski definition) is 0. The van der Waals surface area contributed by atoms with Crippen molar-refractivity contribution in [2.45, 2.75) is 90.4 Å². The third-order valence-corrected chi connectivity index (χ3v) is 6.08. The van der Waals surface area contributed by atoms with Gasteiger partial charge in [0.1, 0.15) is 11.2 Å². The lowest BCUT2D eigenvalue weighted by atomic mass is 10.1. The molecule has 1 aliphatic carbocycles. The molecule has 1 saturated heterocycles. The molecule has 7 nitrogen and oxygen atoms in total. The van der Waals surface area contributed by atoms with Crippen LogP contribution in [0.3, 0.4) is 0 Å². The molecule has 0 radical (unpaired) electrons. The second-order valence-corrected chi connectivity index (χ2v) is 10.9.